The maximum absolute atomic E-state index is 14.3. The van der Waals surface area contributed by atoms with Crippen LogP contribution in [0.4, 0.5) is 23.7 Å². The fraction of sp³-hybridized carbons (Fsp3) is 0.348. The van der Waals surface area contributed by atoms with Crippen LogP contribution in [0.5, 0.6) is 0 Å². The van der Waals surface area contributed by atoms with Crippen molar-refractivity contribution in [3.63, 3.8) is 0 Å². The number of nitrogens with zero attached hydrogens (tertiary/aromatic N) is 4. The molecule has 0 saturated carbocycles. The van der Waals surface area contributed by atoms with Crippen LogP contribution in [0.25, 0.3) is 16.7 Å². The number of likely N-dealkylation sites (tertiary alicyclic amines) is 1. The van der Waals surface area contributed by atoms with Gasteiger partial charge in [-0.05, 0) is 37.3 Å². The normalized spacial score (nSPS) is 15.5. The average molecular weight is 460 g/mol. The molecule has 33 heavy (non-hydrogen) atoms. The van der Waals surface area contributed by atoms with Crippen molar-refractivity contribution < 1.29 is 27.5 Å². The van der Waals surface area contributed by atoms with E-state index >= 15 is 0 Å². The third-order valence-electron chi connectivity index (χ3n) is 5.63. The number of fused-ring (bicyclic) bond motifs is 1. The summed E-state index contributed by atoms with van der Waals surface area (Å²) < 4.78 is 47.7. The minimum absolute atomic E-state index is 0.00899. The van der Waals surface area contributed by atoms with Crippen LogP contribution in [0.15, 0.2) is 42.7 Å². The lowest BCUT2D eigenvalue weighted by molar-refractivity contribution is -0.0494. The van der Waals surface area contributed by atoms with Gasteiger partial charge in [-0.2, -0.15) is 0 Å². The first-order chi connectivity index (χ1) is 15.7. The van der Waals surface area contributed by atoms with E-state index in [4.69, 9.17) is 4.74 Å². The van der Waals surface area contributed by atoms with E-state index in [1.54, 1.807) is 35.9 Å². The fourth-order valence-electron chi connectivity index (χ4n) is 3.79. The van der Waals surface area contributed by atoms with Crippen molar-refractivity contribution in [3.8, 4) is 5.69 Å². The quantitative estimate of drug-likeness (QED) is 0.570. The number of ether oxygens (including phenoxy) is 1. The van der Waals surface area contributed by atoms with Crippen molar-refractivity contribution in [2.24, 2.45) is 0 Å². The van der Waals surface area contributed by atoms with Crippen LogP contribution in [-0.2, 0) is 4.74 Å². The summed E-state index contributed by atoms with van der Waals surface area (Å²) in [6, 6.07) is 7.51. The Kier molecular flexibility index (Phi) is 6.01. The van der Waals surface area contributed by atoms with E-state index in [-0.39, 0.29) is 38.4 Å². The number of anilines is 1. The number of benzene rings is 1. The predicted molar refractivity (Wildman–Crippen MR) is 117 cm³/mol. The smallest absolute Gasteiger partial charge is 0.413 e. The molecule has 3 aromatic rings. The van der Waals surface area contributed by atoms with Gasteiger partial charge in [-0.25, -0.2) is 22.9 Å². The molecule has 0 radical (unpaired) electrons. The SMILES string of the molecule is CCOC(=O)N(C)c1cc(F)cc(-n2ccc3cc(C(=O)N4CCC(F)(F)CC4)cnc32)c1. The van der Waals surface area contributed by atoms with Gasteiger partial charge in [-0.3, -0.25) is 9.69 Å². The Morgan fingerprint density at radius 3 is 2.61 bits per heavy atom. The van der Waals surface area contributed by atoms with Crippen molar-refractivity contribution >= 4 is 28.7 Å². The monoisotopic (exact) mass is 460 g/mol. The zero-order valence-electron chi connectivity index (χ0n) is 18.2. The second-order valence-electron chi connectivity index (χ2n) is 7.90. The molecule has 0 N–H and O–H groups in total. The zero-order chi connectivity index (χ0) is 23.8. The lowest BCUT2D eigenvalue weighted by atomic mass is 10.1. The number of pyridine rings is 1. The number of amides is 2. The topological polar surface area (TPSA) is 67.7 Å². The molecular formula is C23H23F3N4O3. The van der Waals surface area contributed by atoms with E-state index in [0.29, 0.717) is 28.0 Å². The van der Waals surface area contributed by atoms with E-state index in [2.05, 4.69) is 4.98 Å². The Bertz CT molecular complexity index is 1200. The molecule has 1 aliphatic heterocycles. The van der Waals surface area contributed by atoms with Gasteiger partial charge in [0.25, 0.3) is 11.8 Å². The minimum Gasteiger partial charge on any atom is -0.449 e. The minimum atomic E-state index is -2.73. The van der Waals surface area contributed by atoms with Crippen molar-refractivity contribution in [1.29, 1.82) is 0 Å². The van der Waals surface area contributed by atoms with Gasteiger partial charge >= 0.3 is 6.09 Å². The van der Waals surface area contributed by atoms with Crippen molar-refractivity contribution in [2.75, 3.05) is 31.6 Å². The molecule has 4 rings (SSSR count). The molecule has 3 heterocycles. The first kappa shape index (κ1) is 22.6. The van der Waals surface area contributed by atoms with E-state index in [9.17, 15) is 22.8 Å². The summed E-state index contributed by atoms with van der Waals surface area (Å²) in [5, 5.41) is 0.632. The van der Waals surface area contributed by atoms with Crippen LogP contribution >= 0.6 is 0 Å². The van der Waals surface area contributed by atoms with Crippen molar-refractivity contribution in [3.05, 3.63) is 54.1 Å². The Hall–Kier alpha value is -3.56. The van der Waals surface area contributed by atoms with E-state index in [0.717, 1.165) is 0 Å². The molecular weight excluding hydrogens is 437 g/mol. The Morgan fingerprint density at radius 2 is 1.91 bits per heavy atom. The third kappa shape index (κ3) is 4.64. The summed E-state index contributed by atoms with van der Waals surface area (Å²) in [5.41, 5.74) is 1.51. The largest absolute Gasteiger partial charge is 0.449 e. The molecule has 0 atom stereocenters. The molecule has 0 aliphatic carbocycles. The highest BCUT2D eigenvalue weighted by Crippen LogP contribution is 2.29. The number of aromatic nitrogens is 2. The predicted octanol–water partition coefficient (Wildman–Crippen LogP) is 4.63. The lowest BCUT2D eigenvalue weighted by Gasteiger charge is -2.31. The molecule has 10 heteroatoms. The second-order valence-corrected chi connectivity index (χ2v) is 7.90. The van der Waals surface area contributed by atoms with Gasteiger partial charge in [0.1, 0.15) is 11.5 Å². The number of rotatable bonds is 4. The maximum atomic E-state index is 14.3. The third-order valence-corrected chi connectivity index (χ3v) is 5.63. The molecule has 0 bridgehead atoms. The highest BCUT2D eigenvalue weighted by molar-refractivity contribution is 5.97. The maximum Gasteiger partial charge on any atom is 0.413 e. The van der Waals surface area contributed by atoms with E-state index in [1.165, 1.54) is 35.2 Å². The Morgan fingerprint density at radius 1 is 1.18 bits per heavy atom. The summed E-state index contributed by atoms with van der Waals surface area (Å²) in [4.78, 5) is 31.7. The summed E-state index contributed by atoms with van der Waals surface area (Å²) in [7, 11) is 1.48. The molecule has 1 aromatic carbocycles. The van der Waals surface area contributed by atoms with Gasteiger partial charge in [0.05, 0.1) is 23.5 Å². The fourth-order valence-corrected chi connectivity index (χ4v) is 3.79. The molecule has 1 saturated heterocycles. The van der Waals surface area contributed by atoms with Crippen molar-refractivity contribution in [2.45, 2.75) is 25.7 Å². The number of piperidine rings is 1. The van der Waals surface area contributed by atoms with Crippen LogP contribution in [0.2, 0.25) is 0 Å². The molecule has 1 aliphatic rings. The zero-order valence-corrected chi connectivity index (χ0v) is 18.2. The van der Waals surface area contributed by atoms with Crippen LogP contribution in [0.1, 0.15) is 30.1 Å². The summed E-state index contributed by atoms with van der Waals surface area (Å²) in [6.07, 6.45) is 1.75. The summed E-state index contributed by atoms with van der Waals surface area (Å²) in [5.74, 6) is -3.63. The summed E-state index contributed by atoms with van der Waals surface area (Å²) >= 11 is 0. The van der Waals surface area contributed by atoms with Crippen molar-refractivity contribution in [1.82, 2.24) is 14.5 Å². The van der Waals surface area contributed by atoms with Crippen LogP contribution in [0, 0.1) is 5.82 Å². The Labute approximate surface area is 188 Å². The number of halogens is 3. The summed E-state index contributed by atoms with van der Waals surface area (Å²) in [6.45, 7) is 1.86. The average Bonchev–Trinajstić information content (AvgIpc) is 3.21. The molecule has 1 fully saturated rings. The van der Waals surface area contributed by atoms with Gasteiger partial charge in [0.15, 0.2) is 0 Å². The van der Waals surface area contributed by atoms with Crippen LogP contribution in [0.3, 0.4) is 0 Å². The van der Waals surface area contributed by atoms with Gasteiger partial charge in [0.2, 0.25) is 0 Å². The molecule has 0 unspecified atom stereocenters. The first-order valence-corrected chi connectivity index (χ1v) is 10.5. The highest BCUT2D eigenvalue weighted by Gasteiger charge is 2.35. The number of carbonyl (C=O) groups is 2. The molecule has 174 valence electrons. The number of carbonyl (C=O) groups excluding carboxylic acids is 2. The highest BCUT2D eigenvalue weighted by atomic mass is 19.3. The standard InChI is InChI=1S/C23H23F3N4O3/c1-3-33-22(32)28(2)18-11-17(24)12-19(13-18)30-7-4-15-10-16(14-27-20(15)30)21(31)29-8-5-23(25,26)6-9-29/h4,7,10-14H,3,5-6,8-9H2,1-2H3. The Balaban J connectivity index is 1.62. The van der Waals surface area contributed by atoms with Crippen LogP contribution < -0.4 is 4.90 Å². The molecule has 2 amide bonds. The van der Waals surface area contributed by atoms with Gasteiger partial charge in [-0.15, -0.1) is 0 Å². The van der Waals surface area contributed by atoms with Crippen LogP contribution in [-0.4, -0.2) is 59.1 Å². The van der Waals surface area contributed by atoms with Gasteiger partial charge in [0, 0.05) is 50.8 Å². The first-order valence-electron chi connectivity index (χ1n) is 10.5. The van der Waals surface area contributed by atoms with Gasteiger partial charge < -0.3 is 14.2 Å². The second kappa shape index (κ2) is 8.76. The molecule has 2 aromatic heterocycles. The van der Waals surface area contributed by atoms with E-state index < -0.39 is 17.8 Å². The number of hydrogen-bond acceptors (Lipinski definition) is 4. The molecule has 0 spiro atoms. The van der Waals surface area contributed by atoms with Gasteiger partial charge in [-0.1, -0.05) is 0 Å². The lowest BCUT2D eigenvalue weighted by Crippen LogP contribution is -2.42. The number of hydrogen-bond donors (Lipinski definition) is 0. The molecule has 7 nitrogen and oxygen atoms in total. The number of alkyl halides is 2. The van der Waals surface area contributed by atoms with E-state index in [1.807, 2.05) is 0 Å².